The molecule has 3 rings (SSSR count). The summed E-state index contributed by atoms with van der Waals surface area (Å²) in [6.07, 6.45) is 2.14. The van der Waals surface area contributed by atoms with Gasteiger partial charge < -0.3 is 9.47 Å². The van der Waals surface area contributed by atoms with E-state index in [0.717, 1.165) is 23.3 Å². The van der Waals surface area contributed by atoms with E-state index < -0.39 is 11.9 Å². The molecule has 10 heteroatoms. The van der Waals surface area contributed by atoms with E-state index in [9.17, 15) is 19.2 Å². The molecule has 0 aliphatic heterocycles. The van der Waals surface area contributed by atoms with Crippen molar-refractivity contribution in [2.45, 2.75) is 13.8 Å². The smallest absolute Gasteiger partial charge is 0.330 e. The van der Waals surface area contributed by atoms with Crippen LogP contribution in [-0.2, 0) is 19.1 Å². The summed E-state index contributed by atoms with van der Waals surface area (Å²) in [7, 11) is 3.27. The molecular weight excluding hydrogens is 560 g/mol. The Labute approximate surface area is 258 Å². The van der Waals surface area contributed by atoms with Gasteiger partial charge in [-0.1, -0.05) is 43.5 Å². The van der Waals surface area contributed by atoms with Gasteiger partial charge in [0.1, 0.15) is 13.2 Å². The Bertz CT molecular complexity index is 1410. The second-order valence-electron chi connectivity index (χ2n) is 9.93. The average Bonchev–Trinajstić information content (AvgIpc) is 3.03. The van der Waals surface area contributed by atoms with Crippen LogP contribution in [0.4, 0.5) is 32.3 Å². The predicted octanol–water partition coefficient (Wildman–Crippen LogP) is 5.89. The van der Waals surface area contributed by atoms with Crippen molar-refractivity contribution in [3.8, 4) is 0 Å². The zero-order valence-electron chi connectivity index (χ0n) is 25.6. The number of nitrogens with zero attached hydrogens (tertiary/aromatic N) is 4. The second kappa shape index (κ2) is 15.7. The van der Waals surface area contributed by atoms with Gasteiger partial charge in [0.25, 0.3) is 0 Å². The van der Waals surface area contributed by atoms with Crippen molar-refractivity contribution in [3.63, 3.8) is 0 Å². The van der Waals surface area contributed by atoms with E-state index in [1.54, 1.807) is 38.4 Å². The summed E-state index contributed by atoms with van der Waals surface area (Å²) in [6.45, 7) is 10.9. The number of benzene rings is 3. The van der Waals surface area contributed by atoms with Crippen LogP contribution in [-0.4, -0.2) is 64.4 Å². The Morgan fingerprint density at radius 3 is 1.34 bits per heavy atom. The molecule has 0 saturated heterocycles. The van der Waals surface area contributed by atoms with Gasteiger partial charge in [-0.2, -0.15) is 0 Å². The minimum atomic E-state index is -0.575. The van der Waals surface area contributed by atoms with Crippen molar-refractivity contribution in [2.24, 2.45) is 0 Å². The zero-order chi connectivity index (χ0) is 32.2. The predicted molar refractivity (Wildman–Crippen MR) is 173 cm³/mol. The molecule has 0 fully saturated rings. The Kier molecular flexibility index (Phi) is 11.8. The molecule has 230 valence electrons. The van der Waals surface area contributed by atoms with E-state index in [2.05, 4.69) is 13.2 Å². The number of carbonyl (C=O) groups is 4. The van der Waals surface area contributed by atoms with Gasteiger partial charge >= 0.3 is 24.0 Å². The second-order valence-corrected chi connectivity index (χ2v) is 9.93. The summed E-state index contributed by atoms with van der Waals surface area (Å²) in [5.41, 5.74) is 4.29. The van der Waals surface area contributed by atoms with E-state index in [4.69, 9.17) is 9.47 Å². The molecule has 10 nitrogen and oxygen atoms in total. The minimum absolute atomic E-state index is 0.0213. The molecule has 3 aromatic carbocycles. The highest BCUT2D eigenvalue weighted by Gasteiger charge is 2.25. The Morgan fingerprint density at radius 2 is 0.977 bits per heavy atom. The van der Waals surface area contributed by atoms with Gasteiger partial charge in [0.05, 0.1) is 13.1 Å². The van der Waals surface area contributed by atoms with Gasteiger partial charge in [0.2, 0.25) is 0 Å². The quantitative estimate of drug-likeness (QED) is 0.191. The molecule has 0 N–H and O–H groups in total. The van der Waals surface area contributed by atoms with Gasteiger partial charge in [-0.25, -0.2) is 19.2 Å². The van der Waals surface area contributed by atoms with Crippen LogP contribution in [0.5, 0.6) is 0 Å². The van der Waals surface area contributed by atoms with Gasteiger partial charge in [0.15, 0.2) is 0 Å². The first-order valence-electron chi connectivity index (χ1n) is 14.0. The van der Waals surface area contributed by atoms with Gasteiger partial charge in [-0.15, -0.1) is 0 Å². The normalized spacial score (nSPS) is 10.3. The SMILES string of the molecule is C=CC(=O)OCCN(C(=O)N(C)c1cccc(N(C)C(=O)N(CCOC(=O)C=C)c2cccc(C)c2)c1)c1cccc(C)c1. The lowest BCUT2D eigenvalue weighted by Gasteiger charge is -2.30. The van der Waals surface area contributed by atoms with Crippen molar-refractivity contribution in [1.29, 1.82) is 0 Å². The topological polar surface area (TPSA) is 99.7 Å². The highest BCUT2D eigenvalue weighted by atomic mass is 16.5. The first kappa shape index (κ1) is 33.1. The van der Waals surface area contributed by atoms with Gasteiger partial charge in [-0.3, -0.25) is 19.6 Å². The fraction of sp³-hybridized carbons (Fsp3) is 0.235. The molecule has 0 radical (unpaired) electrons. The van der Waals surface area contributed by atoms with Crippen LogP contribution in [0.3, 0.4) is 0 Å². The lowest BCUT2D eigenvalue weighted by Crippen LogP contribution is -2.44. The summed E-state index contributed by atoms with van der Waals surface area (Å²) in [6, 6.07) is 21.2. The molecule has 0 spiro atoms. The molecular formula is C34H38N4O6. The van der Waals surface area contributed by atoms with Crippen LogP contribution in [0, 0.1) is 13.8 Å². The summed E-state index contributed by atoms with van der Waals surface area (Å²) in [5.74, 6) is -1.15. The average molecular weight is 599 g/mol. The number of ether oxygens (including phenoxy) is 2. The minimum Gasteiger partial charge on any atom is -0.461 e. The lowest BCUT2D eigenvalue weighted by molar-refractivity contribution is -0.138. The number of esters is 2. The van der Waals surface area contributed by atoms with Crippen LogP contribution in [0.15, 0.2) is 98.1 Å². The maximum atomic E-state index is 13.8. The maximum Gasteiger partial charge on any atom is 0.330 e. The third kappa shape index (κ3) is 8.81. The lowest BCUT2D eigenvalue weighted by atomic mass is 10.2. The number of amides is 4. The van der Waals surface area contributed by atoms with Crippen molar-refractivity contribution in [2.75, 3.05) is 60.0 Å². The third-order valence-corrected chi connectivity index (χ3v) is 6.72. The highest BCUT2D eigenvalue weighted by Crippen LogP contribution is 2.26. The first-order chi connectivity index (χ1) is 21.0. The van der Waals surface area contributed by atoms with E-state index in [1.807, 2.05) is 62.4 Å². The molecule has 4 amide bonds. The summed E-state index contributed by atoms with van der Waals surface area (Å²) in [5, 5.41) is 0. The maximum absolute atomic E-state index is 13.8. The molecule has 0 atom stereocenters. The van der Waals surface area contributed by atoms with Crippen LogP contribution < -0.4 is 19.6 Å². The zero-order valence-corrected chi connectivity index (χ0v) is 25.6. The fourth-order valence-corrected chi connectivity index (χ4v) is 4.35. The number of aryl methyl sites for hydroxylation is 2. The monoisotopic (exact) mass is 598 g/mol. The molecule has 0 aliphatic rings. The molecule has 44 heavy (non-hydrogen) atoms. The van der Waals surface area contributed by atoms with Crippen LogP contribution in [0.25, 0.3) is 0 Å². The highest BCUT2D eigenvalue weighted by molar-refractivity contribution is 6.05. The van der Waals surface area contributed by atoms with E-state index in [-0.39, 0.29) is 38.4 Å². The van der Waals surface area contributed by atoms with E-state index in [0.29, 0.717) is 22.7 Å². The number of hydrogen-bond donors (Lipinski definition) is 0. The molecule has 0 bridgehead atoms. The third-order valence-electron chi connectivity index (χ3n) is 6.72. The fourth-order valence-electron chi connectivity index (χ4n) is 4.35. The number of carbonyl (C=O) groups excluding carboxylic acids is 4. The molecule has 3 aromatic rings. The Balaban J connectivity index is 1.86. The molecule has 0 saturated carbocycles. The number of hydrogen-bond acceptors (Lipinski definition) is 6. The molecule has 0 unspecified atom stereocenters. The van der Waals surface area contributed by atoms with Crippen LogP contribution in [0.1, 0.15) is 11.1 Å². The number of anilines is 4. The van der Waals surface area contributed by atoms with Crippen molar-refractivity contribution >= 4 is 46.8 Å². The standard InChI is InChI=1S/C34H38N4O6/c1-7-31(39)43-20-18-37(29-16-9-12-25(3)22-29)33(41)35(5)27-14-11-15-28(24-27)36(6)34(42)38(19-21-44-32(40)8-2)30-17-10-13-26(4)23-30/h7-17,22-24H,1-2,18-21H2,3-6H3. The van der Waals surface area contributed by atoms with E-state index >= 15 is 0 Å². The number of rotatable bonds is 12. The van der Waals surface area contributed by atoms with Crippen molar-refractivity contribution in [3.05, 3.63) is 109 Å². The molecule has 0 heterocycles. The summed E-state index contributed by atoms with van der Waals surface area (Å²) >= 11 is 0. The summed E-state index contributed by atoms with van der Waals surface area (Å²) in [4.78, 5) is 56.8. The number of urea groups is 2. The Hall–Kier alpha value is -5.38. The summed E-state index contributed by atoms with van der Waals surface area (Å²) < 4.78 is 10.3. The molecule has 0 aliphatic carbocycles. The van der Waals surface area contributed by atoms with Gasteiger partial charge in [0, 0.05) is 49.0 Å². The van der Waals surface area contributed by atoms with E-state index in [1.165, 1.54) is 19.6 Å². The first-order valence-corrected chi connectivity index (χ1v) is 14.0. The molecule has 0 aromatic heterocycles. The largest absolute Gasteiger partial charge is 0.461 e. The van der Waals surface area contributed by atoms with Crippen molar-refractivity contribution in [1.82, 2.24) is 0 Å². The van der Waals surface area contributed by atoms with Gasteiger partial charge in [-0.05, 0) is 67.4 Å². The van der Waals surface area contributed by atoms with Crippen molar-refractivity contribution < 1.29 is 28.7 Å². The van der Waals surface area contributed by atoms with Crippen LogP contribution >= 0.6 is 0 Å². The van der Waals surface area contributed by atoms with Crippen LogP contribution in [0.2, 0.25) is 0 Å². The Morgan fingerprint density at radius 1 is 0.614 bits per heavy atom.